The van der Waals surface area contributed by atoms with Gasteiger partial charge >= 0.3 is 12.5 Å². The molecular weight excluding hydrogens is 986 g/mol. The maximum absolute atomic E-state index is 16.3. The number of allylic oxidation sites excluding steroid dienone is 1. The number of carbonyl (C=O) groups excluding carboxylic acids is 3. The summed E-state index contributed by atoms with van der Waals surface area (Å²) in [6.45, 7) is 28.6. The summed E-state index contributed by atoms with van der Waals surface area (Å²) < 4.78 is 84.2. The number of nitrogens with zero attached hydrogens (tertiary/aromatic N) is 4. The third-order valence-corrected chi connectivity index (χ3v) is 20.4. The maximum Gasteiger partial charge on any atom is 0.573 e. The first-order valence-electron chi connectivity index (χ1n) is 26.5. The van der Waals surface area contributed by atoms with E-state index < -0.39 is 84.0 Å². The molecule has 1 N–H and O–H groups in total. The second-order valence-electron chi connectivity index (χ2n) is 23.2. The molecule has 75 heavy (non-hydrogen) atoms. The van der Waals surface area contributed by atoms with E-state index in [1.807, 2.05) is 82.9 Å². The molecule has 18 heteroatoms. The second kappa shape index (κ2) is 21.2. The van der Waals surface area contributed by atoms with E-state index in [0.29, 0.717) is 38.8 Å². The van der Waals surface area contributed by atoms with Gasteiger partial charge in [0.25, 0.3) is 5.88 Å². The maximum atomic E-state index is 16.3. The first-order chi connectivity index (χ1) is 35.3. The fourth-order valence-electron chi connectivity index (χ4n) is 11.7. The van der Waals surface area contributed by atoms with E-state index in [-0.39, 0.29) is 103 Å². The topological polar surface area (TPSA) is 153 Å². The van der Waals surface area contributed by atoms with Crippen LogP contribution in [0.2, 0.25) is 18.1 Å². The van der Waals surface area contributed by atoms with E-state index in [1.54, 1.807) is 32.9 Å². The number of hydrogen-bond donors (Lipinski definition) is 1. The Morgan fingerprint density at radius 2 is 1.63 bits per heavy atom. The van der Waals surface area contributed by atoms with Gasteiger partial charge in [-0.25, -0.2) is 4.79 Å². The number of Topliss-reactive ketones (excluding diaryl/α,β-unsaturated/α-hetero) is 2. The first-order valence-corrected chi connectivity index (χ1v) is 29.5. The van der Waals surface area contributed by atoms with Crippen molar-refractivity contribution in [2.75, 3.05) is 44.3 Å². The SMILES string of the molecule is C=CCN(CC=C)[C@@H]1c2onc(OCCCC)c2C(=O)[C@@]2(O[Si](C)(C)C(C)(C)C)C(O)=C3C(=O)c4c(c(OC(F)(F)F)c5c(c4OCCCC)N(C(=O)OC(C)(C)C)CC4CCN(Cc6ccccc6)C54)C[C@H]3C[C@@H]12. The molecule has 0 bridgehead atoms. The molecule has 1 aromatic heterocycles. The lowest BCUT2D eigenvalue weighted by atomic mass is 9.58. The van der Waals surface area contributed by atoms with E-state index in [1.165, 1.54) is 4.90 Å². The Balaban J connectivity index is 1.46. The highest BCUT2D eigenvalue weighted by atomic mass is 28.4. The van der Waals surface area contributed by atoms with Gasteiger partial charge < -0.3 is 33.0 Å². The summed E-state index contributed by atoms with van der Waals surface area (Å²) >= 11 is 0. The fourth-order valence-corrected chi connectivity index (χ4v) is 13.1. The first kappa shape index (κ1) is 55.8. The molecule has 1 saturated heterocycles. The summed E-state index contributed by atoms with van der Waals surface area (Å²) in [6, 6.07) is 8.00. The molecule has 1 fully saturated rings. The number of amides is 1. The minimum atomic E-state index is -5.27. The van der Waals surface area contributed by atoms with Crippen LogP contribution >= 0.6 is 0 Å². The molecule has 0 radical (unpaired) electrons. The molecule has 5 aliphatic rings. The molecule has 0 saturated carbocycles. The van der Waals surface area contributed by atoms with Crippen molar-refractivity contribution >= 4 is 31.7 Å². The molecule has 3 aliphatic carbocycles. The van der Waals surface area contributed by atoms with Crippen molar-refractivity contribution in [3.05, 3.63) is 101 Å². The zero-order valence-corrected chi connectivity index (χ0v) is 46.3. The van der Waals surface area contributed by atoms with Crippen LogP contribution in [0.4, 0.5) is 23.7 Å². The molecule has 2 aliphatic heterocycles. The lowest BCUT2D eigenvalue weighted by Crippen LogP contribution is -2.65. The third-order valence-electron chi connectivity index (χ3n) is 15.9. The van der Waals surface area contributed by atoms with E-state index in [2.05, 4.69) is 23.2 Å². The summed E-state index contributed by atoms with van der Waals surface area (Å²) in [4.78, 5) is 52.4. The van der Waals surface area contributed by atoms with Crippen molar-refractivity contribution in [2.45, 2.75) is 155 Å². The number of aliphatic hydroxyl groups is 1. The van der Waals surface area contributed by atoms with E-state index >= 15 is 22.8 Å². The average molecular weight is 1060 g/mol. The molecule has 6 atom stereocenters. The van der Waals surface area contributed by atoms with Crippen molar-refractivity contribution in [3.63, 3.8) is 0 Å². The van der Waals surface area contributed by atoms with Gasteiger partial charge in [0.1, 0.15) is 22.7 Å². The van der Waals surface area contributed by atoms with Gasteiger partial charge in [0.15, 0.2) is 31.2 Å². The molecule has 3 aromatic rings. The Morgan fingerprint density at radius 1 is 0.973 bits per heavy atom. The van der Waals surface area contributed by atoms with Crippen LogP contribution in [0.1, 0.15) is 149 Å². The minimum Gasteiger partial charge on any atom is -0.508 e. The number of rotatable bonds is 18. The highest BCUT2D eigenvalue weighted by Crippen LogP contribution is 2.63. The van der Waals surface area contributed by atoms with E-state index in [9.17, 15) is 9.90 Å². The number of fused-ring (bicyclic) bond motifs is 7. The van der Waals surface area contributed by atoms with E-state index in [4.69, 9.17) is 27.9 Å². The number of anilines is 1. The number of benzene rings is 2. The van der Waals surface area contributed by atoms with E-state index in [0.717, 1.165) is 12.0 Å². The molecular formula is C57H75F3N4O10Si. The lowest BCUT2D eigenvalue weighted by Gasteiger charge is -2.55. The molecule has 3 heterocycles. The van der Waals surface area contributed by atoms with Crippen LogP contribution in [0.5, 0.6) is 17.4 Å². The van der Waals surface area contributed by atoms with Crippen LogP contribution in [-0.2, 0) is 22.1 Å². The van der Waals surface area contributed by atoms with Gasteiger partial charge in [0.05, 0.1) is 30.5 Å². The molecule has 2 aromatic carbocycles. The zero-order chi connectivity index (χ0) is 54.6. The smallest absolute Gasteiger partial charge is 0.508 e. The lowest BCUT2D eigenvalue weighted by molar-refractivity contribution is -0.275. The Bertz CT molecular complexity index is 2700. The summed E-state index contributed by atoms with van der Waals surface area (Å²) in [7, 11) is -3.18. The monoisotopic (exact) mass is 1060 g/mol. The number of unbranched alkanes of at least 4 members (excludes halogenated alkanes) is 2. The molecule has 2 unspecified atom stereocenters. The highest BCUT2D eigenvalue weighted by molar-refractivity contribution is 6.74. The summed E-state index contributed by atoms with van der Waals surface area (Å²) in [6.07, 6.45) is 0.0871. The zero-order valence-electron chi connectivity index (χ0n) is 45.3. The van der Waals surface area contributed by atoms with Gasteiger partial charge in [-0.05, 0) is 100 Å². The Morgan fingerprint density at radius 3 is 2.23 bits per heavy atom. The van der Waals surface area contributed by atoms with Gasteiger partial charge in [0, 0.05) is 54.8 Å². The van der Waals surface area contributed by atoms with Gasteiger partial charge in [-0.2, -0.15) is 0 Å². The van der Waals surface area contributed by atoms with Crippen LogP contribution in [0.3, 0.4) is 0 Å². The van der Waals surface area contributed by atoms with Crippen LogP contribution in [0.15, 0.2) is 71.5 Å². The minimum absolute atomic E-state index is 0.0285. The fraction of sp³-hybridized carbons (Fsp3) is 0.579. The highest BCUT2D eigenvalue weighted by Gasteiger charge is 2.68. The number of halogens is 3. The molecule has 0 spiro atoms. The molecule has 8 rings (SSSR count). The Labute approximate surface area is 440 Å². The van der Waals surface area contributed by atoms with Crippen LogP contribution < -0.4 is 19.1 Å². The quantitative estimate of drug-likeness (QED) is 0.0731. The van der Waals surface area contributed by atoms with Crippen molar-refractivity contribution in [2.24, 2.45) is 17.8 Å². The predicted molar refractivity (Wildman–Crippen MR) is 281 cm³/mol. The number of aromatic nitrogens is 1. The molecule has 408 valence electrons. The Kier molecular flexibility index (Phi) is 15.8. The standard InChI is InChI=1S/C57H75F3N4O10Si/c1-13-17-28-69-48-40-37(47(71-57(58,59)60)41-43-35(24-27-63(43)32-34-22-20-19-21-23-34)33-64(45(41)48)53(68)72-54(5,6)7)30-36-31-38-44(62(25-15-3)26-16-4)49-42(52(61-73-49)70-29-18-14-2)51(67)56(38,50(66)39(36)46(40)65)74-75(11,12)55(8,9)10/h15-16,19-23,35-36,38,43-44,66H,3-4,13-14,17-18,24-33H2,1-2,5-12H3/t35?,36-,38-,43?,44-,56-/m0/s1. The van der Waals surface area contributed by atoms with Crippen molar-refractivity contribution < 1.29 is 60.6 Å². The van der Waals surface area contributed by atoms with Crippen LogP contribution in [0, 0.1) is 17.8 Å². The molecule has 14 nitrogen and oxygen atoms in total. The number of likely N-dealkylation sites (tertiary alicyclic amines) is 1. The summed E-state index contributed by atoms with van der Waals surface area (Å²) in [5, 5.41) is 17.3. The third kappa shape index (κ3) is 10.3. The van der Waals surface area contributed by atoms with Crippen molar-refractivity contribution in [3.8, 4) is 17.4 Å². The Hall–Kier alpha value is -5.43. The number of aliphatic hydroxyl groups excluding tert-OH is 1. The average Bonchev–Trinajstić information content (AvgIpc) is 3.93. The van der Waals surface area contributed by atoms with Crippen LogP contribution in [0.25, 0.3) is 0 Å². The number of hydrogen-bond acceptors (Lipinski definition) is 13. The second-order valence-corrected chi connectivity index (χ2v) is 28.0. The molecule has 1 amide bonds. The summed E-state index contributed by atoms with van der Waals surface area (Å²) in [5.74, 6) is -5.24. The van der Waals surface area contributed by atoms with Gasteiger partial charge in [-0.3, -0.25) is 24.3 Å². The predicted octanol–water partition coefficient (Wildman–Crippen LogP) is 12.8. The van der Waals surface area contributed by atoms with Gasteiger partial charge in [-0.15, -0.1) is 26.3 Å². The van der Waals surface area contributed by atoms with Crippen molar-refractivity contribution in [1.82, 2.24) is 15.0 Å². The van der Waals surface area contributed by atoms with Gasteiger partial charge in [0.2, 0.25) is 5.78 Å². The van der Waals surface area contributed by atoms with Gasteiger partial charge in [-0.1, -0.05) is 89.9 Å². The number of carbonyl (C=O) groups is 3. The number of alkyl halides is 3. The number of ketones is 2. The van der Waals surface area contributed by atoms with Crippen molar-refractivity contribution in [1.29, 1.82) is 0 Å². The number of ether oxygens (including phenoxy) is 4. The summed E-state index contributed by atoms with van der Waals surface area (Å²) in [5.41, 5.74) is -2.93. The van der Waals surface area contributed by atoms with Crippen LogP contribution in [-0.4, -0.2) is 103 Å². The largest absolute Gasteiger partial charge is 0.573 e. The normalized spacial score (nSPS) is 23.7.